The van der Waals surface area contributed by atoms with Crippen molar-refractivity contribution in [3.8, 4) is 0 Å². The predicted octanol–water partition coefficient (Wildman–Crippen LogP) is 1.98. The SMILES string of the molecule is COCCNC(=S)N1CCN(Cc2cccc(Cl)c2)CC1. The molecule has 4 nitrogen and oxygen atoms in total. The zero-order chi connectivity index (χ0) is 15.1. The first-order chi connectivity index (χ1) is 10.2. The van der Waals surface area contributed by atoms with Crippen LogP contribution in [0.15, 0.2) is 24.3 Å². The van der Waals surface area contributed by atoms with E-state index in [1.54, 1.807) is 7.11 Å². The number of hydrogen-bond donors (Lipinski definition) is 1. The molecule has 1 aromatic carbocycles. The standard InChI is InChI=1S/C15H22ClN3OS/c1-20-10-5-17-15(21)19-8-6-18(7-9-19)12-13-3-2-4-14(16)11-13/h2-4,11H,5-10,12H2,1H3,(H,17,21). The number of hydrogen-bond acceptors (Lipinski definition) is 3. The molecule has 1 aliphatic rings. The molecule has 0 radical (unpaired) electrons. The van der Waals surface area contributed by atoms with Crippen LogP contribution in [0.5, 0.6) is 0 Å². The summed E-state index contributed by atoms with van der Waals surface area (Å²) in [6.45, 7) is 6.32. The zero-order valence-corrected chi connectivity index (χ0v) is 13.9. The zero-order valence-electron chi connectivity index (χ0n) is 12.3. The maximum atomic E-state index is 6.03. The summed E-state index contributed by atoms with van der Waals surface area (Å²) < 4.78 is 5.01. The lowest BCUT2D eigenvalue weighted by Crippen LogP contribution is -2.51. The van der Waals surface area contributed by atoms with E-state index in [2.05, 4.69) is 21.2 Å². The predicted molar refractivity (Wildman–Crippen MR) is 90.8 cm³/mol. The molecular formula is C15H22ClN3OS. The number of rotatable bonds is 5. The third kappa shape index (κ3) is 5.43. The molecule has 1 N–H and O–H groups in total. The summed E-state index contributed by atoms with van der Waals surface area (Å²) >= 11 is 11.4. The minimum Gasteiger partial charge on any atom is -0.383 e. The highest BCUT2D eigenvalue weighted by molar-refractivity contribution is 7.80. The van der Waals surface area contributed by atoms with Crippen LogP contribution in [-0.4, -0.2) is 61.4 Å². The van der Waals surface area contributed by atoms with Gasteiger partial charge in [0.1, 0.15) is 0 Å². The van der Waals surface area contributed by atoms with E-state index in [9.17, 15) is 0 Å². The summed E-state index contributed by atoms with van der Waals surface area (Å²) in [5, 5.41) is 4.85. The Morgan fingerprint density at radius 2 is 2.10 bits per heavy atom. The second kappa shape index (κ2) is 8.54. The minimum absolute atomic E-state index is 0.675. The number of benzene rings is 1. The summed E-state index contributed by atoms with van der Waals surface area (Å²) in [5.41, 5.74) is 1.26. The van der Waals surface area contributed by atoms with Crippen molar-refractivity contribution >= 4 is 28.9 Å². The lowest BCUT2D eigenvalue weighted by molar-refractivity contribution is 0.172. The Balaban J connectivity index is 1.74. The molecule has 1 fully saturated rings. The molecule has 0 atom stereocenters. The van der Waals surface area contributed by atoms with Crippen LogP contribution < -0.4 is 5.32 Å². The highest BCUT2D eigenvalue weighted by atomic mass is 35.5. The largest absolute Gasteiger partial charge is 0.383 e. The summed E-state index contributed by atoms with van der Waals surface area (Å²) in [5.74, 6) is 0. The van der Waals surface area contributed by atoms with E-state index in [4.69, 9.17) is 28.6 Å². The van der Waals surface area contributed by atoms with Crippen LogP contribution in [0.3, 0.4) is 0 Å². The van der Waals surface area contributed by atoms with Crippen LogP contribution in [0.4, 0.5) is 0 Å². The molecular weight excluding hydrogens is 306 g/mol. The number of thiocarbonyl (C=S) groups is 1. The Morgan fingerprint density at radius 3 is 2.76 bits per heavy atom. The van der Waals surface area contributed by atoms with Gasteiger partial charge in [0.15, 0.2) is 5.11 Å². The molecule has 0 amide bonds. The number of nitrogens with one attached hydrogen (secondary N) is 1. The van der Waals surface area contributed by atoms with Gasteiger partial charge in [-0.15, -0.1) is 0 Å². The Morgan fingerprint density at radius 1 is 1.33 bits per heavy atom. The van der Waals surface area contributed by atoms with Gasteiger partial charge >= 0.3 is 0 Å². The van der Waals surface area contributed by atoms with Gasteiger partial charge in [-0.05, 0) is 29.9 Å². The first kappa shape index (κ1) is 16.5. The van der Waals surface area contributed by atoms with Gasteiger partial charge in [-0.3, -0.25) is 4.90 Å². The quantitative estimate of drug-likeness (QED) is 0.659. The van der Waals surface area contributed by atoms with Gasteiger partial charge in [-0.2, -0.15) is 0 Å². The normalized spacial score (nSPS) is 16.0. The number of methoxy groups -OCH3 is 1. The minimum atomic E-state index is 0.675. The van der Waals surface area contributed by atoms with E-state index < -0.39 is 0 Å². The van der Waals surface area contributed by atoms with Crippen LogP contribution >= 0.6 is 23.8 Å². The second-order valence-corrected chi connectivity index (χ2v) is 5.94. The van der Waals surface area contributed by atoms with Crippen LogP contribution in [0.25, 0.3) is 0 Å². The van der Waals surface area contributed by atoms with E-state index in [0.29, 0.717) is 6.61 Å². The Kier molecular flexibility index (Phi) is 6.70. The molecule has 0 spiro atoms. The van der Waals surface area contributed by atoms with Crippen molar-refractivity contribution in [2.45, 2.75) is 6.54 Å². The van der Waals surface area contributed by atoms with E-state index in [1.807, 2.05) is 18.2 Å². The fraction of sp³-hybridized carbons (Fsp3) is 0.533. The highest BCUT2D eigenvalue weighted by Gasteiger charge is 2.18. The maximum absolute atomic E-state index is 6.03. The van der Waals surface area contributed by atoms with Crippen LogP contribution in [-0.2, 0) is 11.3 Å². The molecule has 6 heteroatoms. The monoisotopic (exact) mass is 327 g/mol. The molecule has 1 aliphatic heterocycles. The van der Waals surface area contributed by atoms with Crippen molar-refractivity contribution in [3.63, 3.8) is 0 Å². The van der Waals surface area contributed by atoms with E-state index in [-0.39, 0.29) is 0 Å². The molecule has 0 aliphatic carbocycles. The van der Waals surface area contributed by atoms with Gasteiger partial charge in [-0.1, -0.05) is 23.7 Å². The third-order valence-corrected chi connectivity index (χ3v) is 4.17. The molecule has 116 valence electrons. The number of nitrogens with zero attached hydrogens (tertiary/aromatic N) is 2. The summed E-state index contributed by atoms with van der Waals surface area (Å²) in [7, 11) is 1.69. The highest BCUT2D eigenvalue weighted by Crippen LogP contribution is 2.14. The van der Waals surface area contributed by atoms with Gasteiger partial charge in [0.25, 0.3) is 0 Å². The van der Waals surface area contributed by atoms with Crippen molar-refractivity contribution in [3.05, 3.63) is 34.9 Å². The van der Waals surface area contributed by atoms with Gasteiger partial charge in [0.05, 0.1) is 6.61 Å². The van der Waals surface area contributed by atoms with Crippen molar-refractivity contribution in [1.82, 2.24) is 15.1 Å². The average Bonchev–Trinajstić information content (AvgIpc) is 2.48. The molecule has 1 saturated heterocycles. The van der Waals surface area contributed by atoms with Crippen molar-refractivity contribution in [2.75, 3.05) is 46.4 Å². The maximum Gasteiger partial charge on any atom is 0.169 e. The first-order valence-corrected chi connectivity index (χ1v) is 7.96. The second-order valence-electron chi connectivity index (χ2n) is 5.12. The van der Waals surface area contributed by atoms with E-state index >= 15 is 0 Å². The third-order valence-electron chi connectivity index (χ3n) is 3.54. The topological polar surface area (TPSA) is 27.7 Å². The van der Waals surface area contributed by atoms with Gasteiger partial charge in [0, 0.05) is 51.4 Å². The Bertz CT molecular complexity index is 464. The molecule has 1 aromatic rings. The van der Waals surface area contributed by atoms with Crippen LogP contribution in [0, 0.1) is 0 Å². The van der Waals surface area contributed by atoms with Crippen LogP contribution in [0.1, 0.15) is 5.56 Å². The smallest absolute Gasteiger partial charge is 0.169 e. The molecule has 2 rings (SSSR count). The summed E-state index contributed by atoms with van der Waals surface area (Å²) in [6, 6.07) is 8.07. The lowest BCUT2D eigenvalue weighted by Gasteiger charge is -2.36. The molecule has 0 aromatic heterocycles. The van der Waals surface area contributed by atoms with Gasteiger partial charge < -0.3 is 15.0 Å². The Labute approximate surface area is 137 Å². The van der Waals surface area contributed by atoms with Crippen molar-refractivity contribution in [1.29, 1.82) is 0 Å². The van der Waals surface area contributed by atoms with Crippen molar-refractivity contribution < 1.29 is 4.74 Å². The Hall–Kier alpha value is -0.880. The molecule has 1 heterocycles. The fourth-order valence-electron chi connectivity index (χ4n) is 2.37. The number of ether oxygens (including phenoxy) is 1. The number of halogens is 1. The van der Waals surface area contributed by atoms with Gasteiger partial charge in [0.2, 0.25) is 0 Å². The van der Waals surface area contributed by atoms with E-state index in [1.165, 1.54) is 5.56 Å². The molecule has 0 bridgehead atoms. The average molecular weight is 328 g/mol. The first-order valence-electron chi connectivity index (χ1n) is 7.17. The fourth-order valence-corrected chi connectivity index (χ4v) is 2.87. The molecule has 0 saturated carbocycles. The lowest BCUT2D eigenvalue weighted by atomic mass is 10.2. The summed E-state index contributed by atoms with van der Waals surface area (Å²) in [6.07, 6.45) is 0. The number of piperazine rings is 1. The molecule has 21 heavy (non-hydrogen) atoms. The van der Waals surface area contributed by atoms with Gasteiger partial charge in [-0.25, -0.2) is 0 Å². The van der Waals surface area contributed by atoms with Crippen LogP contribution in [0.2, 0.25) is 5.02 Å². The summed E-state index contributed by atoms with van der Waals surface area (Å²) in [4.78, 5) is 4.65. The molecule has 0 unspecified atom stereocenters. The van der Waals surface area contributed by atoms with Crippen molar-refractivity contribution in [2.24, 2.45) is 0 Å². The van der Waals surface area contributed by atoms with E-state index in [0.717, 1.165) is 49.4 Å².